The van der Waals surface area contributed by atoms with Crippen molar-refractivity contribution >= 4 is 10.9 Å². The SMILES string of the molecule is COCCOCC(Cc1ccc2ccccc2n1)NN. The van der Waals surface area contributed by atoms with E-state index in [-0.39, 0.29) is 6.04 Å². The molecule has 108 valence electrons. The van der Waals surface area contributed by atoms with Gasteiger partial charge in [0.1, 0.15) is 0 Å². The van der Waals surface area contributed by atoms with Gasteiger partial charge in [-0.3, -0.25) is 16.3 Å². The molecule has 5 nitrogen and oxygen atoms in total. The van der Waals surface area contributed by atoms with Gasteiger partial charge < -0.3 is 9.47 Å². The van der Waals surface area contributed by atoms with Crippen LogP contribution in [-0.2, 0) is 15.9 Å². The Balaban J connectivity index is 1.94. The fourth-order valence-electron chi connectivity index (χ4n) is 2.01. The molecular formula is C15H21N3O2. The monoisotopic (exact) mass is 275 g/mol. The number of hydrogen-bond acceptors (Lipinski definition) is 5. The van der Waals surface area contributed by atoms with Crippen LogP contribution in [0, 0.1) is 0 Å². The second kappa shape index (κ2) is 7.91. The first-order valence-electron chi connectivity index (χ1n) is 6.71. The van der Waals surface area contributed by atoms with E-state index in [0.29, 0.717) is 19.8 Å². The van der Waals surface area contributed by atoms with Crippen molar-refractivity contribution < 1.29 is 9.47 Å². The number of hydrogen-bond donors (Lipinski definition) is 2. The minimum atomic E-state index is 0.0421. The predicted molar refractivity (Wildman–Crippen MR) is 79.3 cm³/mol. The van der Waals surface area contributed by atoms with Crippen LogP contribution in [0.15, 0.2) is 36.4 Å². The number of pyridine rings is 1. The number of nitrogens with two attached hydrogens (primary N) is 1. The highest BCUT2D eigenvalue weighted by atomic mass is 16.5. The molecule has 0 aliphatic carbocycles. The Morgan fingerprint density at radius 1 is 1.20 bits per heavy atom. The quantitative estimate of drug-likeness (QED) is 0.431. The minimum Gasteiger partial charge on any atom is -0.382 e. The second-order valence-electron chi connectivity index (χ2n) is 4.63. The fourth-order valence-corrected chi connectivity index (χ4v) is 2.01. The summed E-state index contributed by atoms with van der Waals surface area (Å²) in [6.07, 6.45) is 0.730. The molecule has 2 aromatic rings. The molecule has 20 heavy (non-hydrogen) atoms. The van der Waals surface area contributed by atoms with Crippen LogP contribution in [0.5, 0.6) is 0 Å². The van der Waals surface area contributed by atoms with Crippen LogP contribution in [0.25, 0.3) is 10.9 Å². The van der Waals surface area contributed by atoms with Crippen molar-refractivity contribution in [2.45, 2.75) is 12.5 Å². The second-order valence-corrected chi connectivity index (χ2v) is 4.63. The van der Waals surface area contributed by atoms with Crippen molar-refractivity contribution in [2.75, 3.05) is 26.9 Å². The maximum absolute atomic E-state index is 5.56. The van der Waals surface area contributed by atoms with Crippen molar-refractivity contribution in [3.8, 4) is 0 Å². The van der Waals surface area contributed by atoms with Gasteiger partial charge >= 0.3 is 0 Å². The third-order valence-electron chi connectivity index (χ3n) is 3.10. The van der Waals surface area contributed by atoms with E-state index in [1.54, 1.807) is 7.11 Å². The van der Waals surface area contributed by atoms with Crippen LogP contribution >= 0.6 is 0 Å². The Kier molecular flexibility index (Phi) is 5.88. The van der Waals surface area contributed by atoms with Gasteiger partial charge in [0.25, 0.3) is 0 Å². The van der Waals surface area contributed by atoms with Crippen LogP contribution in [0.4, 0.5) is 0 Å². The van der Waals surface area contributed by atoms with Crippen molar-refractivity contribution in [3.05, 3.63) is 42.1 Å². The summed E-state index contributed by atoms with van der Waals surface area (Å²) < 4.78 is 10.4. The Bertz CT molecular complexity index is 533. The Morgan fingerprint density at radius 3 is 2.85 bits per heavy atom. The third kappa shape index (κ3) is 4.25. The van der Waals surface area contributed by atoms with Crippen LogP contribution in [-0.4, -0.2) is 38.0 Å². The number of nitrogens with one attached hydrogen (secondary N) is 1. The summed E-state index contributed by atoms with van der Waals surface area (Å²) in [5, 5.41) is 1.14. The number of benzene rings is 1. The normalized spacial score (nSPS) is 12.7. The molecule has 1 aromatic heterocycles. The lowest BCUT2D eigenvalue weighted by molar-refractivity contribution is 0.0586. The molecule has 5 heteroatoms. The smallest absolute Gasteiger partial charge is 0.0705 e. The number of aromatic nitrogens is 1. The lowest BCUT2D eigenvalue weighted by atomic mass is 10.1. The lowest BCUT2D eigenvalue weighted by Gasteiger charge is -2.15. The fraction of sp³-hybridized carbons (Fsp3) is 0.400. The van der Waals surface area contributed by atoms with E-state index >= 15 is 0 Å². The number of hydrazine groups is 1. The molecule has 0 saturated carbocycles. The zero-order valence-electron chi connectivity index (χ0n) is 11.7. The Hall–Kier alpha value is -1.53. The van der Waals surface area contributed by atoms with Gasteiger partial charge in [-0.15, -0.1) is 0 Å². The standard InChI is InChI=1S/C15H21N3O2/c1-19-8-9-20-11-14(18-16)10-13-7-6-12-4-2-3-5-15(12)17-13/h2-7,14,18H,8-11,16H2,1H3. The largest absolute Gasteiger partial charge is 0.382 e. The number of ether oxygens (including phenoxy) is 2. The number of para-hydroxylation sites is 1. The lowest BCUT2D eigenvalue weighted by Crippen LogP contribution is -2.40. The maximum Gasteiger partial charge on any atom is 0.0705 e. The van der Waals surface area contributed by atoms with E-state index in [2.05, 4.69) is 22.5 Å². The molecule has 3 N–H and O–H groups in total. The van der Waals surface area contributed by atoms with Crippen LogP contribution in [0.2, 0.25) is 0 Å². The summed E-state index contributed by atoms with van der Waals surface area (Å²) >= 11 is 0. The molecule has 2 rings (SSSR count). The molecule has 0 fully saturated rings. The van der Waals surface area contributed by atoms with Crippen LogP contribution in [0.3, 0.4) is 0 Å². The molecule has 0 aliphatic rings. The molecule has 1 atom stereocenters. The number of rotatable bonds is 8. The summed E-state index contributed by atoms with van der Waals surface area (Å²) in [6.45, 7) is 1.69. The number of fused-ring (bicyclic) bond motifs is 1. The van der Waals surface area contributed by atoms with Crippen LogP contribution in [0.1, 0.15) is 5.69 Å². The zero-order chi connectivity index (χ0) is 14.2. The van der Waals surface area contributed by atoms with E-state index < -0.39 is 0 Å². The topological polar surface area (TPSA) is 69.4 Å². The van der Waals surface area contributed by atoms with Crippen molar-refractivity contribution in [1.29, 1.82) is 0 Å². The number of nitrogens with zero attached hydrogens (tertiary/aromatic N) is 1. The van der Waals surface area contributed by atoms with Crippen molar-refractivity contribution in [3.63, 3.8) is 0 Å². The first kappa shape index (κ1) is 14.9. The molecule has 1 aromatic carbocycles. The van der Waals surface area contributed by atoms with E-state index in [4.69, 9.17) is 15.3 Å². The van der Waals surface area contributed by atoms with E-state index in [0.717, 1.165) is 23.0 Å². The summed E-state index contributed by atoms with van der Waals surface area (Å²) in [4.78, 5) is 4.63. The summed E-state index contributed by atoms with van der Waals surface area (Å²) in [5.74, 6) is 5.56. The summed E-state index contributed by atoms with van der Waals surface area (Å²) in [5.41, 5.74) is 4.77. The van der Waals surface area contributed by atoms with E-state index in [9.17, 15) is 0 Å². The molecule has 0 aliphatic heterocycles. The van der Waals surface area contributed by atoms with E-state index in [1.165, 1.54) is 0 Å². The zero-order valence-corrected chi connectivity index (χ0v) is 11.7. The van der Waals surface area contributed by atoms with Gasteiger partial charge in [-0.1, -0.05) is 24.3 Å². The summed E-state index contributed by atoms with van der Waals surface area (Å²) in [7, 11) is 1.65. The highest BCUT2D eigenvalue weighted by molar-refractivity contribution is 5.78. The first-order chi connectivity index (χ1) is 9.83. The van der Waals surface area contributed by atoms with Gasteiger partial charge in [0, 0.05) is 30.7 Å². The molecule has 0 radical (unpaired) electrons. The Labute approximate surface area is 119 Å². The number of methoxy groups -OCH3 is 1. The molecule has 0 saturated heterocycles. The van der Waals surface area contributed by atoms with Gasteiger partial charge in [0.15, 0.2) is 0 Å². The Morgan fingerprint density at radius 2 is 2.05 bits per heavy atom. The highest BCUT2D eigenvalue weighted by Crippen LogP contribution is 2.12. The highest BCUT2D eigenvalue weighted by Gasteiger charge is 2.09. The molecule has 0 bridgehead atoms. The average Bonchev–Trinajstić information content (AvgIpc) is 2.50. The molecule has 1 unspecified atom stereocenters. The molecule has 0 spiro atoms. The van der Waals surface area contributed by atoms with Crippen LogP contribution < -0.4 is 11.3 Å². The van der Waals surface area contributed by atoms with Gasteiger partial charge in [-0.25, -0.2) is 0 Å². The van der Waals surface area contributed by atoms with Gasteiger partial charge in [-0.2, -0.15) is 0 Å². The van der Waals surface area contributed by atoms with Crippen molar-refractivity contribution in [1.82, 2.24) is 10.4 Å². The molecule has 1 heterocycles. The molecular weight excluding hydrogens is 254 g/mol. The first-order valence-corrected chi connectivity index (χ1v) is 6.71. The summed E-state index contributed by atoms with van der Waals surface area (Å²) in [6, 6.07) is 12.2. The molecule has 0 amide bonds. The van der Waals surface area contributed by atoms with Gasteiger partial charge in [0.2, 0.25) is 0 Å². The average molecular weight is 275 g/mol. The predicted octanol–water partition coefficient (Wildman–Crippen LogP) is 1.27. The minimum absolute atomic E-state index is 0.0421. The van der Waals surface area contributed by atoms with E-state index in [1.807, 2.05) is 24.3 Å². The van der Waals surface area contributed by atoms with Crippen molar-refractivity contribution in [2.24, 2.45) is 5.84 Å². The van der Waals surface area contributed by atoms with Gasteiger partial charge in [-0.05, 0) is 12.1 Å². The van der Waals surface area contributed by atoms with Gasteiger partial charge in [0.05, 0.1) is 25.3 Å². The maximum atomic E-state index is 5.56. The third-order valence-corrected chi connectivity index (χ3v) is 3.10.